The van der Waals surface area contributed by atoms with Gasteiger partial charge in [-0.15, -0.1) is 0 Å². The van der Waals surface area contributed by atoms with Crippen LogP contribution in [0.4, 0.5) is 4.39 Å². The van der Waals surface area contributed by atoms with Gasteiger partial charge in [-0.3, -0.25) is 0 Å². The number of nitrogens with zero attached hydrogens (tertiary/aromatic N) is 1. The number of likely N-dealkylation sites (tertiary alicyclic amines) is 1. The number of allylic oxidation sites excluding steroid dienone is 3. The predicted molar refractivity (Wildman–Crippen MR) is 71.9 cm³/mol. The van der Waals surface area contributed by atoms with Gasteiger partial charge in [-0.05, 0) is 70.2 Å². The molecule has 2 nitrogen and oxygen atoms in total. The highest BCUT2D eigenvalue weighted by atomic mass is 19.1. The minimum atomic E-state index is -0.182. The van der Waals surface area contributed by atoms with Crippen LogP contribution < -0.4 is 0 Å². The Bertz CT molecular complexity index is 324. The van der Waals surface area contributed by atoms with Gasteiger partial charge in [-0.2, -0.15) is 0 Å². The molecule has 1 unspecified atom stereocenters. The monoisotopic (exact) mass is 253 g/mol. The van der Waals surface area contributed by atoms with Gasteiger partial charge >= 0.3 is 0 Å². The van der Waals surface area contributed by atoms with Crippen molar-refractivity contribution < 1.29 is 9.13 Å². The van der Waals surface area contributed by atoms with E-state index in [0.717, 1.165) is 25.2 Å². The molecule has 0 aromatic carbocycles. The molecule has 1 aliphatic carbocycles. The minimum Gasteiger partial charge on any atom is -0.491 e. The molecule has 0 amide bonds. The molecule has 0 aromatic heterocycles. The van der Waals surface area contributed by atoms with Crippen LogP contribution in [0.1, 0.15) is 38.5 Å². The molecule has 1 atom stereocenters. The maximum absolute atomic E-state index is 13.3. The van der Waals surface area contributed by atoms with E-state index < -0.39 is 0 Å². The maximum Gasteiger partial charge on any atom is 0.160 e. The maximum atomic E-state index is 13.3. The van der Waals surface area contributed by atoms with Gasteiger partial charge in [0.1, 0.15) is 0 Å². The molecule has 1 fully saturated rings. The van der Waals surface area contributed by atoms with E-state index in [1.807, 2.05) is 6.08 Å². The SMILES string of the molecule is CN1CCCC(CCCOC2=CCCC=C2F)C1. The topological polar surface area (TPSA) is 12.5 Å². The fourth-order valence-corrected chi connectivity index (χ4v) is 2.81. The summed E-state index contributed by atoms with van der Waals surface area (Å²) >= 11 is 0. The van der Waals surface area contributed by atoms with Gasteiger partial charge in [0.2, 0.25) is 0 Å². The molecular weight excluding hydrogens is 229 g/mol. The fraction of sp³-hybridized carbons (Fsp3) is 0.733. The zero-order chi connectivity index (χ0) is 12.8. The van der Waals surface area contributed by atoms with Crippen LogP contribution in [0, 0.1) is 5.92 Å². The zero-order valence-corrected chi connectivity index (χ0v) is 11.3. The lowest BCUT2D eigenvalue weighted by Crippen LogP contribution is -2.32. The molecule has 0 aromatic rings. The van der Waals surface area contributed by atoms with Crippen molar-refractivity contribution in [3.63, 3.8) is 0 Å². The van der Waals surface area contributed by atoms with E-state index in [1.54, 1.807) is 6.08 Å². The molecule has 0 spiro atoms. The van der Waals surface area contributed by atoms with Crippen molar-refractivity contribution in [3.8, 4) is 0 Å². The summed E-state index contributed by atoms with van der Waals surface area (Å²) in [5.74, 6) is 1.08. The average molecular weight is 253 g/mol. The number of piperidine rings is 1. The van der Waals surface area contributed by atoms with Crippen LogP contribution in [0.5, 0.6) is 0 Å². The minimum absolute atomic E-state index is 0.182. The summed E-state index contributed by atoms with van der Waals surface area (Å²) in [6, 6.07) is 0. The molecule has 0 radical (unpaired) electrons. The first-order valence-electron chi connectivity index (χ1n) is 7.13. The second-order valence-electron chi connectivity index (χ2n) is 5.46. The Morgan fingerprint density at radius 1 is 1.39 bits per heavy atom. The summed E-state index contributed by atoms with van der Waals surface area (Å²) in [4.78, 5) is 2.40. The Morgan fingerprint density at radius 2 is 2.22 bits per heavy atom. The Balaban J connectivity index is 1.61. The van der Waals surface area contributed by atoms with Crippen molar-refractivity contribution in [1.29, 1.82) is 0 Å². The summed E-state index contributed by atoms with van der Waals surface area (Å²) in [6.07, 6.45) is 10.1. The number of halogens is 1. The van der Waals surface area contributed by atoms with Crippen LogP contribution in [-0.4, -0.2) is 31.6 Å². The number of ether oxygens (including phenoxy) is 1. The molecular formula is C15H24FNO. The van der Waals surface area contributed by atoms with Crippen molar-refractivity contribution in [2.75, 3.05) is 26.7 Å². The molecule has 0 bridgehead atoms. The first-order chi connectivity index (χ1) is 8.75. The van der Waals surface area contributed by atoms with Crippen molar-refractivity contribution in [2.24, 2.45) is 5.92 Å². The third-order valence-electron chi connectivity index (χ3n) is 3.79. The van der Waals surface area contributed by atoms with Crippen LogP contribution >= 0.6 is 0 Å². The first-order valence-corrected chi connectivity index (χ1v) is 7.13. The van der Waals surface area contributed by atoms with E-state index in [0.29, 0.717) is 12.4 Å². The highest BCUT2D eigenvalue weighted by Gasteiger charge is 2.16. The second kappa shape index (κ2) is 6.93. The van der Waals surface area contributed by atoms with Crippen molar-refractivity contribution in [2.45, 2.75) is 38.5 Å². The number of hydrogen-bond donors (Lipinski definition) is 0. The third-order valence-corrected chi connectivity index (χ3v) is 3.79. The number of hydrogen-bond acceptors (Lipinski definition) is 2. The van der Waals surface area contributed by atoms with E-state index >= 15 is 0 Å². The molecule has 1 heterocycles. The van der Waals surface area contributed by atoms with Gasteiger partial charge in [0, 0.05) is 6.54 Å². The van der Waals surface area contributed by atoms with Gasteiger partial charge in [-0.25, -0.2) is 4.39 Å². The molecule has 102 valence electrons. The lowest BCUT2D eigenvalue weighted by molar-refractivity contribution is 0.167. The van der Waals surface area contributed by atoms with E-state index in [4.69, 9.17) is 4.74 Å². The van der Waals surface area contributed by atoms with Crippen molar-refractivity contribution in [1.82, 2.24) is 4.90 Å². The Hall–Kier alpha value is -0.830. The molecule has 18 heavy (non-hydrogen) atoms. The van der Waals surface area contributed by atoms with Gasteiger partial charge in [0.25, 0.3) is 0 Å². The summed E-state index contributed by atoms with van der Waals surface area (Å²) in [5.41, 5.74) is 0. The van der Waals surface area contributed by atoms with Crippen molar-refractivity contribution >= 4 is 0 Å². The first kappa shape index (κ1) is 13.6. The highest BCUT2D eigenvalue weighted by Crippen LogP contribution is 2.23. The lowest BCUT2D eigenvalue weighted by atomic mass is 9.94. The van der Waals surface area contributed by atoms with Gasteiger partial charge in [0.05, 0.1) is 6.61 Å². The van der Waals surface area contributed by atoms with E-state index in [-0.39, 0.29) is 5.83 Å². The standard InChI is InChI=1S/C15H24FNO/c1-17-10-4-6-13(12-17)7-5-11-18-15-9-3-2-8-14(15)16/h8-9,13H,2-7,10-12H2,1H3. The Kier molecular flexibility index (Phi) is 5.24. The molecule has 2 rings (SSSR count). The van der Waals surface area contributed by atoms with Crippen LogP contribution in [0.3, 0.4) is 0 Å². The van der Waals surface area contributed by atoms with Crippen LogP contribution in [0.25, 0.3) is 0 Å². The van der Waals surface area contributed by atoms with E-state index in [1.165, 1.54) is 32.4 Å². The highest BCUT2D eigenvalue weighted by molar-refractivity contribution is 5.22. The fourth-order valence-electron chi connectivity index (χ4n) is 2.81. The molecule has 3 heteroatoms. The predicted octanol–water partition coefficient (Wildman–Crippen LogP) is 3.66. The van der Waals surface area contributed by atoms with E-state index in [9.17, 15) is 4.39 Å². The smallest absolute Gasteiger partial charge is 0.160 e. The zero-order valence-electron chi connectivity index (χ0n) is 11.3. The Morgan fingerprint density at radius 3 is 3.00 bits per heavy atom. The molecule has 0 N–H and O–H groups in total. The number of rotatable bonds is 5. The largest absolute Gasteiger partial charge is 0.491 e. The summed E-state index contributed by atoms with van der Waals surface area (Å²) < 4.78 is 18.9. The van der Waals surface area contributed by atoms with Crippen molar-refractivity contribution in [3.05, 3.63) is 23.7 Å². The lowest BCUT2D eigenvalue weighted by Gasteiger charge is -2.29. The average Bonchev–Trinajstić information content (AvgIpc) is 2.37. The van der Waals surface area contributed by atoms with Gasteiger partial charge in [-0.1, -0.05) is 0 Å². The van der Waals surface area contributed by atoms with Gasteiger partial charge in [0.15, 0.2) is 11.6 Å². The molecule has 1 saturated heterocycles. The van der Waals surface area contributed by atoms with Crippen LogP contribution in [0.2, 0.25) is 0 Å². The third kappa shape index (κ3) is 4.13. The van der Waals surface area contributed by atoms with Gasteiger partial charge < -0.3 is 9.64 Å². The normalized spacial score (nSPS) is 25.6. The quantitative estimate of drug-likeness (QED) is 0.693. The molecule has 1 aliphatic heterocycles. The van der Waals surface area contributed by atoms with E-state index in [2.05, 4.69) is 11.9 Å². The Labute approximate surface area is 109 Å². The summed E-state index contributed by atoms with van der Waals surface area (Å²) in [7, 11) is 2.19. The summed E-state index contributed by atoms with van der Waals surface area (Å²) in [5, 5.41) is 0. The summed E-state index contributed by atoms with van der Waals surface area (Å²) in [6.45, 7) is 3.08. The molecule has 2 aliphatic rings. The second-order valence-corrected chi connectivity index (χ2v) is 5.46. The van der Waals surface area contributed by atoms with Crippen LogP contribution in [-0.2, 0) is 4.74 Å². The van der Waals surface area contributed by atoms with Crippen LogP contribution in [0.15, 0.2) is 23.7 Å². The molecule has 0 saturated carbocycles.